The Morgan fingerprint density at radius 1 is 1.00 bits per heavy atom. The van der Waals surface area contributed by atoms with Crippen molar-refractivity contribution in [1.82, 2.24) is 5.32 Å². The van der Waals surface area contributed by atoms with E-state index in [9.17, 15) is 44.7 Å². The number of carboxylic acids is 1. The molecule has 1 rings (SSSR count). The summed E-state index contributed by atoms with van der Waals surface area (Å²) < 4.78 is 4.77. The first-order valence-electron chi connectivity index (χ1n) is 15.1. The average Bonchev–Trinajstić information content (AvgIpc) is 3.01. The molecule has 1 aliphatic rings. The van der Waals surface area contributed by atoms with Gasteiger partial charge in [-0.05, 0) is 44.8 Å². The van der Waals surface area contributed by atoms with E-state index in [1.165, 1.54) is 25.2 Å². The average molecular weight is 667 g/mol. The SMILES string of the molecule is CC/C=C/C(OC(N)=O)C(O)C(O)CC(=O)C(O)C(O)C(C)/C(Cl)=C/C=C/C=C(C)/C=C/C=C/C(=O)NC1CCCC(C(=O)O)C1. The molecule has 0 bridgehead atoms. The van der Waals surface area contributed by atoms with Gasteiger partial charge in [-0.3, -0.25) is 14.4 Å². The predicted molar refractivity (Wildman–Crippen MR) is 173 cm³/mol. The van der Waals surface area contributed by atoms with Crippen molar-refractivity contribution in [3.8, 4) is 0 Å². The Kier molecular flexibility index (Phi) is 18.7. The molecule has 8 N–H and O–H groups in total. The topological polar surface area (TPSA) is 217 Å². The van der Waals surface area contributed by atoms with Crippen molar-refractivity contribution in [3.63, 3.8) is 0 Å². The van der Waals surface area contributed by atoms with E-state index in [1.54, 1.807) is 49.5 Å². The van der Waals surface area contributed by atoms with Crippen molar-refractivity contribution < 1.29 is 49.4 Å². The number of aliphatic carboxylic acids is 1. The van der Waals surface area contributed by atoms with E-state index in [2.05, 4.69) is 5.32 Å². The molecule has 2 amide bonds. The van der Waals surface area contributed by atoms with Crippen LogP contribution in [0.5, 0.6) is 0 Å². The van der Waals surface area contributed by atoms with Crippen molar-refractivity contribution in [1.29, 1.82) is 0 Å². The minimum atomic E-state index is -1.92. The first kappa shape index (κ1) is 40.5. The molecule has 0 aromatic rings. The van der Waals surface area contributed by atoms with Gasteiger partial charge in [0.2, 0.25) is 5.91 Å². The molecule has 0 saturated heterocycles. The van der Waals surface area contributed by atoms with Crippen LogP contribution in [0.25, 0.3) is 0 Å². The second kappa shape index (κ2) is 21.3. The fourth-order valence-corrected chi connectivity index (χ4v) is 4.83. The summed E-state index contributed by atoms with van der Waals surface area (Å²) in [6.07, 6.45) is 8.71. The summed E-state index contributed by atoms with van der Waals surface area (Å²) in [7, 11) is 0. The van der Waals surface area contributed by atoms with Gasteiger partial charge in [-0.1, -0.05) is 80.0 Å². The number of nitrogens with two attached hydrogens (primary N) is 1. The zero-order valence-corrected chi connectivity index (χ0v) is 27.1. The third-order valence-electron chi connectivity index (χ3n) is 7.37. The third-order valence-corrected chi connectivity index (χ3v) is 7.84. The van der Waals surface area contributed by atoms with Crippen LogP contribution in [0.15, 0.2) is 71.4 Å². The quantitative estimate of drug-likeness (QED) is 0.0644. The number of Topliss-reactive ketones (excluding diaryl/α,β-unsaturated/α-hetero) is 1. The van der Waals surface area contributed by atoms with Gasteiger partial charge in [0, 0.05) is 29.5 Å². The maximum Gasteiger partial charge on any atom is 0.405 e. The first-order valence-corrected chi connectivity index (χ1v) is 15.5. The molecule has 256 valence electrons. The number of ketones is 1. The number of nitrogens with one attached hydrogen (secondary N) is 1. The number of rotatable bonds is 18. The third kappa shape index (κ3) is 15.2. The molecule has 0 spiro atoms. The highest BCUT2D eigenvalue weighted by Gasteiger charge is 2.35. The Balaban J connectivity index is 2.63. The molecule has 12 nitrogen and oxygen atoms in total. The number of amides is 2. The Morgan fingerprint density at radius 3 is 2.28 bits per heavy atom. The van der Waals surface area contributed by atoms with Crippen molar-refractivity contribution in [2.75, 3.05) is 0 Å². The molecule has 0 aliphatic heterocycles. The second-order valence-electron chi connectivity index (χ2n) is 11.2. The number of carboxylic acid groups (broad SMARTS) is 1. The van der Waals surface area contributed by atoms with Crippen molar-refractivity contribution in [3.05, 3.63) is 71.4 Å². The molecular weight excluding hydrogens is 620 g/mol. The van der Waals surface area contributed by atoms with Gasteiger partial charge in [0.25, 0.3) is 0 Å². The summed E-state index contributed by atoms with van der Waals surface area (Å²) in [6, 6.07) is -0.153. The van der Waals surface area contributed by atoms with Gasteiger partial charge in [-0.2, -0.15) is 0 Å². The summed E-state index contributed by atoms with van der Waals surface area (Å²) in [6.45, 7) is 5.12. The lowest BCUT2D eigenvalue weighted by molar-refractivity contribution is -0.143. The maximum absolute atomic E-state index is 12.5. The molecule has 0 heterocycles. The lowest BCUT2D eigenvalue weighted by Gasteiger charge is -2.26. The molecule has 1 saturated carbocycles. The highest BCUT2D eigenvalue weighted by atomic mass is 35.5. The molecule has 8 atom stereocenters. The smallest absolute Gasteiger partial charge is 0.405 e. The molecule has 46 heavy (non-hydrogen) atoms. The van der Waals surface area contributed by atoms with Crippen LogP contribution >= 0.6 is 11.6 Å². The fourth-order valence-electron chi connectivity index (χ4n) is 4.63. The summed E-state index contributed by atoms with van der Waals surface area (Å²) in [5.74, 6) is -3.37. The van der Waals surface area contributed by atoms with E-state index in [0.29, 0.717) is 19.3 Å². The number of hydrogen-bond acceptors (Lipinski definition) is 9. The van der Waals surface area contributed by atoms with Gasteiger partial charge in [-0.15, -0.1) is 0 Å². The molecule has 0 aromatic carbocycles. The number of carbonyl (C=O) groups excluding carboxylic acids is 3. The van der Waals surface area contributed by atoms with E-state index in [-0.39, 0.29) is 17.0 Å². The predicted octanol–water partition coefficient (Wildman–Crippen LogP) is 2.95. The minimum Gasteiger partial charge on any atom is -0.481 e. The first-order chi connectivity index (χ1) is 21.7. The van der Waals surface area contributed by atoms with Gasteiger partial charge < -0.3 is 41.3 Å². The van der Waals surface area contributed by atoms with Crippen LogP contribution in [0.3, 0.4) is 0 Å². The summed E-state index contributed by atoms with van der Waals surface area (Å²) >= 11 is 6.27. The summed E-state index contributed by atoms with van der Waals surface area (Å²) in [5.41, 5.74) is 5.83. The fraction of sp³-hybridized carbons (Fsp3) is 0.515. The molecule has 0 radical (unpaired) electrons. The number of ether oxygens (including phenoxy) is 1. The van der Waals surface area contributed by atoms with Crippen LogP contribution in [0.2, 0.25) is 0 Å². The van der Waals surface area contributed by atoms with Gasteiger partial charge >= 0.3 is 12.1 Å². The van der Waals surface area contributed by atoms with Crippen LogP contribution in [0.1, 0.15) is 59.3 Å². The van der Waals surface area contributed by atoms with Crippen molar-refractivity contribution >= 4 is 35.4 Å². The monoisotopic (exact) mass is 666 g/mol. The number of carbonyl (C=O) groups is 4. The van der Waals surface area contributed by atoms with Gasteiger partial charge in [0.1, 0.15) is 12.2 Å². The molecule has 0 aromatic heterocycles. The highest BCUT2D eigenvalue weighted by Crippen LogP contribution is 2.25. The number of primary amides is 1. The Morgan fingerprint density at radius 2 is 1.65 bits per heavy atom. The number of allylic oxidation sites excluding steroid dienone is 9. The lowest BCUT2D eigenvalue weighted by atomic mass is 9.86. The van der Waals surface area contributed by atoms with Crippen molar-refractivity contribution in [2.45, 2.75) is 95.9 Å². The number of aliphatic hydroxyl groups excluding tert-OH is 4. The zero-order valence-electron chi connectivity index (χ0n) is 26.4. The molecule has 13 heteroatoms. The Labute approximate surface area is 274 Å². The summed E-state index contributed by atoms with van der Waals surface area (Å²) in [4.78, 5) is 46.9. The molecule has 1 aliphatic carbocycles. The maximum atomic E-state index is 12.5. The van der Waals surface area contributed by atoms with Crippen LogP contribution in [-0.4, -0.2) is 85.8 Å². The molecule has 8 unspecified atom stereocenters. The van der Waals surface area contributed by atoms with Crippen LogP contribution in [-0.2, 0) is 19.1 Å². The van der Waals surface area contributed by atoms with E-state index in [1.807, 2.05) is 6.92 Å². The van der Waals surface area contributed by atoms with E-state index < -0.39 is 66.6 Å². The summed E-state index contributed by atoms with van der Waals surface area (Å²) in [5, 5.41) is 53.7. The van der Waals surface area contributed by atoms with Crippen molar-refractivity contribution in [2.24, 2.45) is 17.6 Å². The van der Waals surface area contributed by atoms with Crippen LogP contribution < -0.4 is 11.1 Å². The highest BCUT2D eigenvalue weighted by molar-refractivity contribution is 6.30. The minimum absolute atomic E-state index is 0.138. The number of halogens is 1. The normalized spacial score (nSPS) is 22.1. The lowest BCUT2D eigenvalue weighted by Crippen LogP contribution is -2.44. The van der Waals surface area contributed by atoms with E-state index in [4.69, 9.17) is 22.1 Å². The Bertz CT molecular complexity index is 1210. The van der Waals surface area contributed by atoms with Gasteiger partial charge in [0.15, 0.2) is 11.9 Å². The standard InChI is InChI=1S/C33H47ClN2O10/c1-4-5-16-27(46-33(35)45)30(41)25(37)19-26(38)31(42)29(40)21(3)24(34)15-8-6-11-20(2)12-7-9-17-28(39)36-23-14-10-13-22(18-23)32(43)44/h5-9,11-12,15-17,21-23,25,27,29-31,37,40-42H,4,10,13-14,18-19H2,1-3H3,(H2,35,45)(H,36,39)(H,43,44)/b8-6+,12-7+,16-5+,17-9+,20-11+,24-15-. The number of hydrogen-bond donors (Lipinski definition) is 7. The second-order valence-corrected chi connectivity index (χ2v) is 11.6. The van der Waals surface area contributed by atoms with Gasteiger partial charge in [-0.25, -0.2) is 4.79 Å². The van der Waals surface area contributed by atoms with E-state index in [0.717, 1.165) is 18.4 Å². The van der Waals surface area contributed by atoms with E-state index >= 15 is 0 Å². The van der Waals surface area contributed by atoms with Crippen LogP contribution in [0, 0.1) is 11.8 Å². The molecule has 1 fully saturated rings. The van der Waals surface area contributed by atoms with Crippen LogP contribution in [0.4, 0.5) is 4.79 Å². The number of aliphatic hydroxyl groups is 4. The zero-order chi connectivity index (χ0) is 34.8. The van der Waals surface area contributed by atoms with Gasteiger partial charge in [0.05, 0.1) is 18.1 Å². The molecular formula is C33H47ClN2O10. The largest absolute Gasteiger partial charge is 0.481 e. The Hall–Kier alpha value is -3.55.